The number of fused-ring (bicyclic) bond motifs is 1. The van der Waals surface area contributed by atoms with E-state index in [1.165, 1.54) is 0 Å². The molecule has 2 aromatic heterocycles. The minimum Gasteiger partial charge on any atom is -0.341 e. The van der Waals surface area contributed by atoms with E-state index >= 15 is 0 Å². The highest BCUT2D eigenvalue weighted by Gasteiger charge is 2.11. The molecule has 0 bridgehead atoms. The number of nitrogens with zero attached hydrogens (tertiary/aromatic N) is 3. The van der Waals surface area contributed by atoms with Gasteiger partial charge in [-0.2, -0.15) is 0 Å². The van der Waals surface area contributed by atoms with Crippen molar-refractivity contribution in [2.45, 2.75) is 39.8 Å². The molecule has 0 aliphatic carbocycles. The van der Waals surface area contributed by atoms with E-state index in [0.717, 1.165) is 18.4 Å². The minimum absolute atomic E-state index is 0.0571. The first-order valence-corrected chi connectivity index (χ1v) is 6.28. The summed E-state index contributed by atoms with van der Waals surface area (Å²) >= 11 is 5.32. The van der Waals surface area contributed by atoms with Crippen LogP contribution in [0.25, 0.3) is 11.2 Å². The maximum Gasteiger partial charge on any atom is 0.330 e. The fourth-order valence-corrected chi connectivity index (χ4v) is 2.27. The van der Waals surface area contributed by atoms with E-state index in [1.54, 1.807) is 15.5 Å². The molecule has 2 heterocycles. The summed E-state index contributed by atoms with van der Waals surface area (Å²) < 4.78 is 3.89. The zero-order chi connectivity index (χ0) is 12.4. The van der Waals surface area contributed by atoms with Crippen LogP contribution in [0.3, 0.4) is 0 Å². The fraction of sp³-hybridized carbons (Fsp3) is 0.545. The molecule has 0 saturated carbocycles. The summed E-state index contributed by atoms with van der Waals surface area (Å²) in [5.41, 5.74) is 1.38. The maximum atomic E-state index is 12.3. The van der Waals surface area contributed by atoms with Crippen LogP contribution in [-0.4, -0.2) is 19.1 Å². The van der Waals surface area contributed by atoms with E-state index in [4.69, 9.17) is 12.2 Å². The van der Waals surface area contributed by atoms with Gasteiger partial charge in [-0.25, -0.2) is 9.78 Å². The number of aromatic nitrogens is 4. The molecule has 5 nitrogen and oxygen atoms in total. The van der Waals surface area contributed by atoms with Gasteiger partial charge in [-0.05, 0) is 12.8 Å². The topological polar surface area (TPSA) is 55.6 Å². The van der Waals surface area contributed by atoms with Gasteiger partial charge in [0.1, 0.15) is 10.2 Å². The van der Waals surface area contributed by atoms with Crippen LogP contribution in [-0.2, 0) is 13.1 Å². The molecule has 2 aromatic rings. The van der Waals surface area contributed by atoms with E-state index in [-0.39, 0.29) is 5.69 Å². The van der Waals surface area contributed by atoms with Gasteiger partial charge in [0, 0.05) is 13.1 Å². The second kappa shape index (κ2) is 4.83. The number of H-pyrrole nitrogens is 1. The SMILES string of the molecule is CCCn1c(=S)c2[nH]cnc2n(CCC)c1=O. The summed E-state index contributed by atoms with van der Waals surface area (Å²) in [7, 11) is 0. The van der Waals surface area contributed by atoms with Crippen LogP contribution in [0.4, 0.5) is 0 Å². The molecule has 0 amide bonds. The second-order valence-corrected chi connectivity index (χ2v) is 4.38. The second-order valence-electron chi connectivity index (χ2n) is 3.99. The van der Waals surface area contributed by atoms with Crippen molar-refractivity contribution < 1.29 is 0 Å². The Balaban J connectivity index is 2.82. The van der Waals surface area contributed by atoms with E-state index in [1.807, 2.05) is 13.8 Å². The van der Waals surface area contributed by atoms with Crippen molar-refractivity contribution >= 4 is 23.4 Å². The third-order valence-corrected chi connectivity index (χ3v) is 3.11. The highest BCUT2D eigenvalue weighted by atomic mass is 32.1. The Morgan fingerprint density at radius 2 is 1.94 bits per heavy atom. The van der Waals surface area contributed by atoms with Crippen LogP contribution >= 0.6 is 12.2 Å². The molecule has 0 unspecified atom stereocenters. The third kappa shape index (κ3) is 1.93. The summed E-state index contributed by atoms with van der Waals surface area (Å²) in [6.45, 7) is 5.38. The quantitative estimate of drug-likeness (QED) is 0.848. The van der Waals surface area contributed by atoms with Crippen LogP contribution in [0, 0.1) is 4.64 Å². The molecular weight excluding hydrogens is 236 g/mol. The molecule has 17 heavy (non-hydrogen) atoms. The Morgan fingerprint density at radius 1 is 1.29 bits per heavy atom. The number of aromatic amines is 1. The van der Waals surface area contributed by atoms with Crippen LogP contribution < -0.4 is 5.69 Å². The lowest BCUT2D eigenvalue weighted by Gasteiger charge is -2.10. The van der Waals surface area contributed by atoms with Crippen molar-refractivity contribution in [1.29, 1.82) is 0 Å². The third-order valence-electron chi connectivity index (χ3n) is 2.69. The Labute approximate surface area is 104 Å². The summed E-state index contributed by atoms with van der Waals surface area (Å²) in [5, 5.41) is 0. The smallest absolute Gasteiger partial charge is 0.330 e. The molecular formula is C11H16N4OS. The van der Waals surface area contributed by atoms with Crippen LogP contribution in [0.15, 0.2) is 11.1 Å². The van der Waals surface area contributed by atoms with Crippen molar-refractivity contribution in [3.8, 4) is 0 Å². The van der Waals surface area contributed by atoms with Gasteiger partial charge in [0.05, 0.1) is 6.33 Å². The van der Waals surface area contributed by atoms with Crippen molar-refractivity contribution in [2.24, 2.45) is 0 Å². The molecule has 1 N–H and O–H groups in total. The van der Waals surface area contributed by atoms with Gasteiger partial charge in [-0.3, -0.25) is 9.13 Å². The predicted octanol–water partition coefficient (Wildman–Crippen LogP) is 2.08. The number of hydrogen-bond acceptors (Lipinski definition) is 3. The van der Waals surface area contributed by atoms with Crippen molar-refractivity contribution in [3.63, 3.8) is 0 Å². The molecule has 92 valence electrons. The Hall–Kier alpha value is -1.43. The summed E-state index contributed by atoms with van der Waals surface area (Å²) in [6.07, 6.45) is 3.36. The van der Waals surface area contributed by atoms with Crippen LogP contribution in [0.5, 0.6) is 0 Å². The van der Waals surface area contributed by atoms with Crippen molar-refractivity contribution in [2.75, 3.05) is 0 Å². The van der Waals surface area contributed by atoms with Gasteiger partial charge in [0.25, 0.3) is 0 Å². The number of aryl methyl sites for hydroxylation is 1. The maximum absolute atomic E-state index is 12.3. The van der Waals surface area contributed by atoms with E-state index in [9.17, 15) is 4.79 Å². The van der Waals surface area contributed by atoms with Gasteiger partial charge in [0.15, 0.2) is 5.65 Å². The van der Waals surface area contributed by atoms with E-state index < -0.39 is 0 Å². The zero-order valence-corrected chi connectivity index (χ0v) is 10.9. The Bertz CT molecular complexity index is 637. The first-order chi connectivity index (χ1) is 8.20. The van der Waals surface area contributed by atoms with Gasteiger partial charge < -0.3 is 4.98 Å². The predicted molar refractivity (Wildman–Crippen MR) is 69.8 cm³/mol. The van der Waals surface area contributed by atoms with Gasteiger partial charge in [-0.15, -0.1) is 0 Å². The number of hydrogen-bond donors (Lipinski definition) is 1. The van der Waals surface area contributed by atoms with Gasteiger partial charge in [-0.1, -0.05) is 26.1 Å². The number of rotatable bonds is 4. The summed E-state index contributed by atoms with van der Waals surface area (Å²) in [5.74, 6) is 0. The number of imidazole rings is 1. The normalized spacial score (nSPS) is 11.2. The first kappa shape index (κ1) is 12.0. The molecule has 0 spiro atoms. The van der Waals surface area contributed by atoms with Crippen molar-refractivity contribution in [3.05, 3.63) is 21.5 Å². The molecule has 2 rings (SSSR count). The first-order valence-electron chi connectivity index (χ1n) is 5.87. The van der Waals surface area contributed by atoms with Gasteiger partial charge in [0.2, 0.25) is 0 Å². The molecule has 0 saturated heterocycles. The lowest BCUT2D eigenvalue weighted by Crippen LogP contribution is -2.31. The van der Waals surface area contributed by atoms with E-state index in [2.05, 4.69) is 9.97 Å². The molecule has 0 atom stereocenters. The number of nitrogens with one attached hydrogen (secondary N) is 1. The molecule has 0 aliphatic heterocycles. The highest BCUT2D eigenvalue weighted by molar-refractivity contribution is 7.71. The largest absolute Gasteiger partial charge is 0.341 e. The highest BCUT2D eigenvalue weighted by Crippen LogP contribution is 2.09. The molecule has 0 radical (unpaired) electrons. The summed E-state index contributed by atoms with van der Waals surface area (Å²) in [4.78, 5) is 19.5. The lowest BCUT2D eigenvalue weighted by atomic mass is 10.4. The Morgan fingerprint density at radius 3 is 2.59 bits per heavy atom. The fourth-order valence-electron chi connectivity index (χ4n) is 1.95. The monoisotopic (exact) mass is 252 g/mol. The van der Waals surface area contributed by atoms with Gasteiger partial charge >= 0.3 is 5.69 Å². The average Bonchev–Trinajstić information content (AvgIpc) is 2.79. The van der Waals surface area contributed by atoms with E-state index in [0.29, 0.717) is 23.4 Å². The standard InChI is InChI=1S/C11H16N4OS/c1-3-5-14-9-8(12-7-13-9)10(17)15(6-4-2)11(14)16/h7H,3-6H2,1-2H3,(H,12,13). The molecule has 0 aromatic carbocycles. The lowest BCUT2D eigenvalue weighted by molar-refractivity contribution is 0.563. The molecule has 0 fully saturated rings. The van der Waals surface area contributed by atoms with Crippen molar-refractivity contribution in [1.82, 2.24) is 19.1 Å². The zero-order valence-electron chi connectivity index (χ0n) is 10.1. The molecule has 0 aliphatic rings. The minimum atomic E-state index is -0.0571. The summed E-state index contributed by atoms with van der Waals surface area (Å²) in [6, 6.07) is 0. The Kier molecular flexibility index (Phi) is 3.42. The molecule has 6 heteroatoms. The van der Waals surface area contributed by atoms with Crippen LogP contribution in [0.2, 0.25) is 0 Å². The van der Waals surface area contributed by atoms with Crippen LogP contribution in [0.1, 0.15) is 26.7 Å². The average molecular weight is 252 g/mol.